The van der Waals surface area contributed by atoms with Gasteiger partial charge in [0.2, 0.25) is 0 Å². The quantitative estimate of drug-likeness (QED) is 0.824. The van der Waals surface area contributed by atoms with Crippen molar-refractivity contribution < 1.29 is 0 Å². The Morgan fingerprint density at radius 2 is 1.83 bits per heavy atom. The summed E-state index contributed by atoms with van der Waals surface area (Å²) in [7, 11) is 2.27. The van der Waals surface area contributed by atoms with E-state index in [1.807, 2.05) is 0 Å². The Labute approximate surface area is 113 Å². The van der Waals surface area contributed by atoms with Crippen molar-refractivity contribution in [3.8, 4) is 0 Å². The lowest BCUT2D eigenvalue weighted by Crippen LogP contribution is -2.50. The Balaban J connectivity index is 1.72. The smallest absolute Gasteiger partial charge is 0.0122 e. The molecule has 2 fully saturated rings. The van der Waals surface area contributed by atoms with Gasteiger partial charge in [0.25, 0.3) is 0 Å². The van der Waals surface area contributed by atoms with Crippen LogP contribution in [0.25, 0.3) is 0 Å². The lowest BCUT2D eigenvalue weighted by atomic mass is 9.91. The van der Waals surface area contributed by atoms with Crippen LogP contribution in [0.5, 0.6) is 0 Å². The average Bonchev–Trinajstić information content (AvgIpc) is 2.40. The van der Waals surface area contributed by atoms with Gasteiger partial charge in [-0.15, -0.1) is 0 Å². The zero-order valence-electron chi connectivity index (χ0n) is 12.5. The second kappa shape index (κ2) is 6.88. The summed E-state index contributed by atoms with van der Waals surface area (Å²) in [5.41, 5.74) is 0. The van der Waals surface area contributed by atoms with Crippen LogP contribution < -0.4 is 5.32 Å². The second-order valence-corrected chi connectivity index (χ2v) is 6.29. The highest BCUT2D eigenvalue weighted by Gasteiger charge is 2.29. The molecule has 2 heterocycles. The number of nitrogens with zero attached hydrogens (tertiary/aromatic N) is 2. The molecule has 2 unspecified atom stereocenters. The minimum atomic E-state index is 0.767. The van der Waals surface area contributed by atoms with Crippen LogP contribution in [0.3, 0.4) is 0 Å². The molecule has 2 rings (SSSR count). The molecule has 106 valence electrons. The van der Waals surface area contributed by atoms with E-state index in [-0.39, 0.29) is 0 Å². The van der Waals surface area contributed by atoms with Gasteiger partial charge in [-0.25, -0.2) is 0 Å². The molecule has 0 amide bonds. The standard InChI is InChI=1S/C15H31N3/c1-4-16-12-14-5-9-18(10-6-14)15-7-8-17(3)13(2)11-15/h13-16H,4-12H2,1-3H3. The van der Waals surface area contributed by atoms with Crippen LogP contribution in [0.15, 0.2) is 0 Å². The van der Waals surface area contributed by atoms with Crippen molar-refractivity contribution in [3.05, 3.63) is 0 Å². The maximum atomic E-state index is 3.50. The zero-order valence-corrected chi connectivity index (χ0v) is 12.5. The van der Waals surface area contributed by atoms with Crippen molar-refractivity contribution in [2.45, 2.75) is 51.6 Å². The molecular weight excluding hydrogens is 222 g/mol. The third kappa shape index (κ3) is 3.69. The summed E-state index contributed by atoms with van der Waals surface area (Å²) >= 11 is 0. The molecule has 2 saturated heterocycles. The Kier molecular flexibility index (Phi) is 5.46. The molecular formula is C15H31N3. The van der Waals surface area contributed by atoms with Crippen molar-refractivity contribution in [2.75, 3.05) is 39.8 Å². The first-order chi connectivity index (χ1) is 8.70. The van der Waals surface area contributed by atoms with Crippen molar-refractivity contribution >= 4 is 0 Å². The summed E-state index contributed by atoms with van der Waals surface area (Å²) < 4.78 is 0. The van der Waals surface area contributed by atoms with Crippen LogP contribution in [-0.4, -0.2) is 61.7 Å². The van der Waals surface area contributed by atoms with Crippen LogP contribution in [-0.2, 0) is 0 Å². The highest BCUT2D eigenvalue weighted by molar-refractivity contribution is 4.86. The minimum absolute atomic E-state index is 0.767. The molecule has 0 radical (unpaired) electrons. The third-order valence-corrected chi connectivity index (χ3v) is 5.03. The van der Waals surface area contributed by atoms with E-state index in [0.29, 0.717) is 0 Å². The van der Waals surface area contributed by atoms with Crippen LogP contribution >= 0.6 is 0 Å². The fourth-order valence-electron chi connectivity index (χ4n) is 3.47. The molecule has 0 bridgehead atoms. The topological polar surface area (TPSA) is 18.5 Å². The summed E-state index contributed by atoms with van der Waals surface area (Å²) in [5.74, 6) is 0.921. The number of hydrogen-bond acceptors (Lipinski definition) is 3. The number of nitrogens with one attached hydrogen (secondary N) is 1. The summed E-state index contributed by atoms with van der Waals surface area (Å²) in [4.78, 5) is 5.28. The van der Waals surface area contributed by atoms with Gasteiger partial charge in [0.15, 0.2) is 0 Å². The second-order valence-electron chi connectivity index (χ2n) is 6.29. The maximum Gasteiger partial charge on any atom is 0.0122 e. The highest BCUT2D eigenvalue weighted by Crippen LogP contribution is 2.25. The largest absolute Gasteiger partial charge is 0.317 e. The van der Waals surface area contributed by atoms with E-state index >= 15 is 0 Å². The SMILES string of the molecule is CCNCC1CCN(C2CCN(C)C(C)C2)CC1. The van der Waals surface area contributed by atoms with Crippen molar-refractivity contribution in [1.82, 2.24) is 15.1 Å². The van der Waals surface area contributed by atoms with E-state index in [0.717, 1.165) is 24.5 Å². The van der Waals surface area contributed by atoms with Crippen LogP contribution in [0.1, 0.15) is 39.5 Å². The van der Waals surface area contributed by atoms with Gasteiger partial charge in [-0.3, -0.25) is 0 Å². The normalized spacial score (nSPS) is 32.8. The molecule has 0 spiro atoms. The monoisotopic (exact) mass is 253 g/mol. The predicted molar refractivity (Wildman–Crippen MR) is 78.0 cm³/mol. The number of piperidine rings is 2. The fraction of sp³-hybridized carbons (Fsp3) is 1.00. The van der Waals surface area contributed by atoms with Gasteiger partial charge in [0.1, 0.15) is 0 Å². The molecule has 0 aromatic rings. The molecule has 1 N–H and O–H groups in total. The van der Waals surface area contributed by atoms with Gasteiger partial charge in [-0.05, 0) is 78.3 Å². The molecule has 18 heavy (non-hydrogen) atoms. The van der Waals surface area contributed by atoms with Gasteiger partial charge in [0, 0.05) is 12.1 Å². The van der Waals surface area contributed by atoms with E-state index in [1.165, 1.54) is 51.9 Å². The Morgan fingerprint density at radius 1 is 1.11 bits per heavy atom. The van der Waals surface area contributed by atoms with E-state index in [1.54, 1.807) is 0 Å². The number of hydrogen-bond donors (Lipinski definition) is 1. The Morgan fingerprint density at radius 3 is 2.44 bits per heavy atom. The van der Waals surface area contributed by atoms with Crippen LogP contribution in [0.2, 0.25) is 0 Å². The van der Waals surface area contributed by atoms with E-state index in [4.69, 9.17) is 0 Å². The first-order valence-electron chi connectivity index (χ1n) is 7.85. The Bertz CT molecular complexity index is 236. The molecule has 0 aromatic carbocycles. The molecule has 2 aliphatic rings. The first-order valence-corrected chi connectivity index (χ1v) is 7.85. The van der Waals surface area contributed by atoms with E-state index in [9.17, 15) is 0 Å². The van der Waals surface area contributed by atoms with Gasteiger partial charge < -0.3 is 15.1 Å². The zero-order chi connectivity index (χ0) is 13.0. The minimum Gasteiger partial charge on any atom is -0.317 e. The molecule has 0 saturated carbocycles. The summed E-state index contributed by atoms with van der Waals surface area (Å²) in [6.07, 6.45) is 5.54. The van der Waals surface area contributed by atoms with Gasteiger partial charge in [0.05, 0.1) is 0 Å². The van der Waals surface area contributed by atoms with E-state index < -0.39 is 0 Å². The van der Waals surface area contributed by atoms with Crippen LogP contribution in [0.4, 0.5) is 0 Å². The summed E-state index contributed by atoms with van der Waals surface area (Å²) in [6.45, 7) is 10.9. The lowest BCUT2D eigenvalue weighted by molar-refractivity contribution is 0.0626. The molecule has 3 heteroatoms. The van der Waals surface area contributed by atoms with Gasteiger partial charge >= 0.3 is 0 Å². The van der Waals surface area contributed by atoms with Crippen LogP contribution in [0, 0.1) is 5.92 Å². The molecule has 2 atom stereocenters. The number of likely N-dealkylation sites (tertiary alicyclic amines) is 2. The third-order valence-electron chi connectivity index (χ3n) is 5.03. The fourth-order valence-corrected chi connectivity index (χ4v) is 3.47. The first kappa shape index (κ1) is 14.3. The van der Waals surface area contributed by atoms with E-state index in [2.05, 4.69) is 36.0 Å². The molecule has 3 nitrogen and oxygen atoms in total. The summed E-state index contributed by atoms with van der Waals surface area (Å²) in [5, 5.41) is 3.50. The van der Waals surface area contributed by atoms with Gasteiger partial charge in [-0.2, -0.15) is 0 Å². The average molecular weight is 253 g/mol. The van der Waals surface area contributed by atoms with Crippen molar-refractivity contribution in [2.24, 2.45) is 5.92 Å². The maximum absolute atomic E-state index is 3.50. The van der Waals surface area contributed by atoms with Crippen molar-refractivity contribution in [3.63, 3.8) is 0 Å². The predicted octanol–water partition coefficient (Wildman–Crippen LogP) is 1.79. The van der Waals surface area contributed by atoms with Crippen molar-refractivity contribution in [1.29, 1.82) is 0 Å². The highest BCUT2D eigenvalue weighted by atomic mass is 15.2. The Hall–Kier alpha value is -0.120. The molecule has 2 aliphatic heterocycles. The molecule has 0 aromatic heterocycles. The summed E-state index contributed by atoms with van der Waals surface area (Å²) in [6, 6.07) is 1.62. The van der Waals surface area contributed by atoms with Gasteiger partial charge in [-0.1, -0.05) is 6.92 Å². The lowest BCUT2D eigenvalue weighted by Gasteiger charge is -2.43. The molecule has 0 aliphatic carbocycles. The number of rotatable bonds is 4.